The van der Waals surface area contributed by atoms with Crippen molar-refractivity contribution in [2.45, 2.75) is 18.8 Å². The maximum atomic E-state index is 12.3. The number of hydrogen-bond acceptors (Lipinski definition) is 7. The van der Waals surface area contributed by atoms with E-state index >= 15 is 0 Å². The van der Waals surface area contributed by atoms with Gasteiger partial charge < -0.3 is 19.7 Å². The van der Waals surface area contributed by atoms with E-state index in [9.17, 15) is 14.7 Å². The third kappa shape index (κ3) is 4.46. The van der Waals surface area contributed by atoms with Crippen LogP contribution in [0.25, 0.3) is 11.5 Å². The van der Waals surface area contributed by atoms with Crippen LogP contribution in [0.1, 0.15) is 35.1 Å². The van der Waals surface area contributed by atoms with Crippen LogP contribution in [0.15, 0.2) is 45.5 Å². The van der Waals surface area contributed by atoms with Gasteiger partial charge in [0.15, 0.2) is 0 Å². The van der Waals surface area contributed by atoms with Gasteiger partial charge >= 0.3 is 6.09 Å². The number of likely N-dealkylation sites (tertiary alicyclic amines) is 1. The normalized spacial score (nSPS) is 16.3. The molecule has 154 valence electrons. The van der Waals surface area contributed by atoms with E-state index in [0.717, 1.165) is 12.8 Å². The van der Waals surface area contributed by atoms with Gasteiger partial charge in [0.25, 0.3) is 5.91 Å². The lowest BCUT2D eigenvalue weighted by molar-refractivity contribution is 0.102. The summed E-state index contributed by atoms with van der Waals surface area (Å²) in [7, 11) is 0. The molecule has 1 aliphatic heterocycles. The molecule has 3 aromatic rings. The van der Waals surface area contributed by atoms with Crippen molar-refractivity contribution < 1.29 is 19.1 Å². The summed E-state index contributed by atoms with van der Waals surface area (Å²) in [6.45, 7) is 0.850. The SMILES string of the molecule is O=C(Nc1ccc(-c2nnc([C@H]3CCCN(C(=O)O)C3)o2)cn1)c1cccc(Br)n1. The van der Waals surface area contributed by atoms with E-state index < -0.39 is 6.09 Å². The van der Waals surface area contributed by atoms with Crippen molar-refractivity contribution in [2.24, 2.45) is 0 Å². The molecule has 0 radical (unpaired) electrons. The number of aromatic nitrogens is 4. The average Bonchev–Trinajstić information content (AvgIpc) is 3.25. The molecule has 1 atom stereocenters. The number of carbonyl (C=O) groups excluding carboxylic acids is 1. The Balaban J connectivity index is 1.43. The number of pyridine rings is 2. The van der Waals surface area contributed by atoms with E-state index in [2.05, 4.69) is 41.4 Å². The fourth-order valence-corrected chi connectivity index (χ4v) is 3.52. The summed E-state index contributed by atoms with van der Waals surface area (Å²) in [5.74, 6) is 0.553. The molecule has 2 N–H and O–H groups in total. The maximum Gasteiger partial charge on any atom is 0.407 e. The second-order valence-electron chi connectivity index (χ2n) is 6.74. The van der Waals surface area contributed by atoms with Crippen molar-refractivity contribution in [3.8, 4) is 11.5 Å². The minimum atomic E-state index is -0.945. The summed E-state index contributed by atoms with van der Waals surface area (Å²) in [4.78, 5) is 33.1. The maximum absolute atomic E-state index is 12.3. The first-order valence-corrected chi connectivity index (χ1v) is 10.0. The Morgan fingerprint density at radius 1 is 1.23 bits per heavy atom. The zero-order chi connectivity index (χ0) is 21.1. The zero-order valence-electron chi connectivity index (χ0n) is 15.7. The Morgan fingerprint density at radius 3 is 2.83 bits per heavy atom. The number of halogens is 1. The highest BCUT2D eigenvalue weighted by molar-refractivity contribution is 9.10. The molecule has 0 aliphatic carbocycles. The van der Waals surface area contributed by atoms with Crippen molar-refractivity contribution in [2.75, 3.05) is 18.4 Å². The minimum Gasteiger partial charge on any atom is -0.465 e. The van der Waals surface area contributed by atoms with Crippen LogP contribution in [0.2, 0.25) is 0 Å². The first-order valence-electron chi connectivity index (χ1n) is 9.21. The van der Waals surface area contributed by atoms with E-state index in [-0.39, 0.29) is 23.4 Å². The van der Waals surface area contributed by atoms with Gasteiger partial charge in [-0.25, -0.2) is 14.8 Å². The molecule has 10 nitrogen and oxygen atoms in total. The van der Waals surface area contributed by atoms with E-state index in [1.165, 1.54) is 11.1 Å². The first-order chi connectivity index (χ1) is 14.5. The highest BCUT2D eigenvalue weighted by atomic mass is 79.9. The summed E-state index contributed by atoms with van der Waals surface area (Å²) >= 11 is 3.23. The summed E-state index contributed by atoms with van der Waals surface area (Å²) in [6, 6.07) is 8.39. The van der Waals surface area contributed by atoms with Crippen molar-refractivity contribution in [3.05, 3.63) is 52.7 Å². The molecule has 2 amide bonds. The molecule has 1 fully saturated rings. The molecule has 30 heavy (non-hydrogen) atoms. The quantitative estimate of drug-likeness (QED) is 0.551. The van der Waals surface area contributed by atoms with Crippen molar-refractivity contribution in [3.63, 3.8) is 0 Å². The number of nitrogens with one attached hydrogen (secondary N) is 1. The molecule has 0 spiro atoms. The summed E-state index contributed by atoms with van der Waals surface area (Å²) < 4.78 is 6.32. The Bertz CT molecular complexity index is 1070. The Hall–Kier alpha value is -3.34. The summed E-state index contributed by atoms with van der Waals surface area (Å²) in [6.07, 6.45) is 2.11. The lowest BCUT2D eigenvalue weighted by atomic mass is 9.98. The summed E-state index contributed by atoms with van der Waals surface area (Å²) in [5, 5.41) is 20.0. The smallest absolute Gasteiger partial charge is 0.407 e. The molecule has 0 bridgehead atoms. The lowest BCUT2D eigenvalue weighted by Crippen LogP contribution is -2.38. The fraction of sp³-hybridized carbons (Fsp3) is 0.263. The van der Waals surface area contributed by atoms with E-state index in [1.54, 1.807) is 30.3 Å². The highest BCUT2D eigenvalue weighted by Crippen LogP contribution is 2.28. The molecule has 11 heteroatoms. The number of anilines is 1. The number of amides is 2. The number of nitrogens with zero attached hydrogens (tertiary/aromatic N) is 5. The van der Waals surface area contributed by atoms with Gasteiger partial charge in [0.05, 0.1) is 11.5 Å². The van der Waals surface area contributed by atoms with Gasteiger partial charge in [-0.3, -0.25) is 4.79 Å². The van der Waals surface area contributed by atoms with Crippen molar-refractivity contribution in [1.82, 2.24) is 25.1 Å². The third-order valence-electron chi connectivity index (χ3n) is 4.68. The standard InChI is InChI=1S/C19H17BrN6O4/c20-14-5-1-4-13(22-14)16(27)23-15-7-6-11(9-21-15)17-24-25-18(30-17)12-3-2-8-26(10-12)19(28)29/h1,4-7,9,12H,2-3,8,10H2,(H,28,29)(H,21,23,27)/t12-/m0/s1. The Labute approximate surface area is 179 Å². The van der Waals surface area contributed by atoms with Crippen molar-refractivity contribution in [1.29, 1.82) is 0 Å². The van der Waals surface area contributed by atoms with E-state index in [1.807, 2.05) is 0 Å². The molecular weight excluding hydrogens is 456 g/mol. The highest BCUT2D eigenvalue weighted by Gasteiger charge is 2.28. The second kappa shape index (κ2) is 8.57. The topological polar surface area (TPSA) is 134 Å². The predicted octanol–water partition coefficient (Wildman–Crippen LogP) is 3.40. The van der Waals surface area contributed by atoms with Gasteiger partial charge in [-0.1, -0.05) is 6.07 Å². The molecule has 4 heterocycles. The number of piperidine rings is 1. The number of hydrogen-bond donors (Lipinski definition) is 2. The molecule has 1 aliphatic rings. The molecule has 4 rings (SSSR count). The van der Waals surface area contributed by atoms with Crippen LogP contribution in [0.4, 0.5) is 10.6 Å². The molecule has 3 aromatic heterocycles. The largest absolute Gasteiger partial charge is 0.465 e. The predicted molar refractivity (Wildman–Crippen MR) is 109 cm³/mol. The molecule has 0 unspecified atom stereocenters. The monoisotopic (exact) mass is 472 g/mol. The van der Waals surface area contributed by atoms with Crippen LogP contribution in [-0.2, 0) is 0 Å². The number of carboxylic acid groups (broad SMARTS) is 1. The average molecular weight is 473 g/mol. The van der Waals surface area contributed by atoms with Crippen LogP contribution >= 0.6 is 15.9 Å². The Morgan fingerprint density at radius 2 is 2.10 bits per heavy atom. The van der Waals surface area contributed by atoms with Crippen LogP contribution < -0.4 is 5.32 Å². The second-order valence-corrected chi connectivity index (χ2v) is 7.56. The van der Waals surface area contributed by atoms with Gasteiger partial charge in [0, 0.05) is 19.3 Å². The number of rotatable bonds is 4. The van der Waals surface area contributed by atoms with E-state index in [4.69, 9.17) is 4.42 Å². The van der Waals surface area contributed by atoms with Gasteiger partial charge in [0.1, 0.15) is 16.1 Å². The zero-order valence-corrected chi connectivity index (χ0v) is 17.2. The van der Waals surface area contributed by atoms with Crippen LogP contribution in [0.3, 0.4) is 0 Å². The van der Waals surface area contributed by atoms with Gasteiger partial charge in [-0.15, -0.1) is 10.2 Å². The lowest BCUT2D eigenvalue weighted by Gasteiger charge is -2.28. The van der Waals surface area contributed by atoms with Crippen LogP contribution in [-0.4, -0.2) is 55.3 Å². The van der Waals surface area contributed by atoms with Crippen LogP contribution in [0.5, 0.6) is 0 Å². The van der Waals surface area contributed by atoms with Gasteiger partial charge in [-0.2, -0.15) is 0 Å². The fourth-order valence-electron chi connectivity index (χ4n) is 3.18. The van der Waals surface area contributed by atoms with E-state index in [0.29, 0.717) is 35.0 Å². The first kappa shape index (κ1) is 20.0. The van der Waals surface area contributed by atoms with Gasteiger partial charge in [0.2, 0.25) is 11.8 Å². The molecule has 0 aromatic carbocycles. The molecule has 0 saturated carbocycles. The molecule has 1 saturated heterocycles. The Kier molecular flexibility index (Phi) is 5.70. The minimum absolute atomic E-state index is 0.125. The van der Waals surface area contributed by atoms with Gasteiger partial charge in [-0.05, 0) is 53.0 Å². The number of carbonyl (C=O) groups is 2. The molecular formula is C19H17BrN6O4. The third-order valence-corrected chi connectivity index (χ3v) is 5.12. The summed E-state index contributed by atoms with van der Waals surface area (Å²) in [5.41, 5.74) is 0.859. The van der Waals surface area contributed by atoms with Crippen molar-refractivity contribution >= 4 is 33.7 Å². The van der Waals surface area contributed by atoms with Crippen LogP contribution in [0, 0.1) is 0 Å².